The summed E-state index contributed by atoms with van der Waals surface area (Å²) >= 11 is 5.87. The number of rotatable bonds is 5. The first-order chi connectivity index (χ1) is 10.3. The molecule has 0 aliphatic heterocycles. The third-order valence-corrected chi connectivity index (χ3v) is 3.31. The molecule has 0 aliphatic rings. The second kappa shape index (κ2) is 6.05. The molecule has 3 aromatic rings. The SMILES string of the molecule is COc1ccc2nc(CCCl)n(Cc3cccnn3)c2n1. The summed E-state index contributed by atoms with van der Waals surface area (Å²) < 4.78 is 7.19. The summed E-state index contributed by atoms with van der Waals surface area (Å²) in [5.74, 6) is 1.94. The van der Waals surface area contributed by atoms with E-state index in [1.54, 1.807) is 19.4 Å². The monoisotopic (exact) mass is 303 g/mol. The highest BCUT2D eigenvalue weighted by Gasteiger charge is 2.13. The lowest BCUT2D eigenvalue weighted by Gasteiger charge is -2.07. The smallest absolute Gasteiger partial charge is 0.215 e. The number of aromatic nitrogens is 5. The molecule has 3 heterocycles. The van der Waals surface area contributed by atoms with Gasteiger partial charge in [-0.15, -0.1) is 11.6 Å². The Kier molecular flexibility index (Phi) is 3.96. The minimum atomic E-state index is 0.501. The lowest BCUT2D eigenvalue weighted by molar-refractivity contribution is 0.399. The van der Waals surface area contributed by atoms with Crippen LogP contribution in [0.25, 0.3) is 11.2 Å². The van der Waals surface area contributed by atoms with Crippen molar-refractivity contribution in [2.45, 2.75) is 13.0 Å². The Balaban J connectivity index is 2.10. The van der Waals surface area contributed by atoms with Crippen LogP contribution in [0.3, 0.4) is 0 Å². The highest BCUT2D eigenvalue weighted by atomic mass is 35.5. The Hall–Kier alpha value is -2.21. The van der Waals surface area contributed by atoms with Crippen molar-refractivity contribution in [3.8, 4) is 5.88 Å². The second-order valence-corrected chi connectivity index (χ2v) is 4.84. The maximum Gasteiger partial charge on any atom is 0.215 e. The van der Waals surface area contributed by atoms with Crippen molar-refractivity contribution >= 4 is 22.8 Å². The van der Waals surface area contributed by atoms with E-state index >= 15 is 0 Å². The number of aryl methyl sites for hydroxylation is 1. The molecule has 0 radical (unpaired) electrons. The Morgan fingerprint density at radius 3 is 2.86 bits per heavy atom. The highest BCUT2D eigenvalue weighted by molar-refractivity contribution is 6.17. The number of imidazole rings is 1. The summed E-state index contributed by atoms with van der Waals surface area (Å²) in [6.07, 6.45) is 2.32. The van der Waals surface area contributed by atoms with Gasteiger partial charge in [-0.05, 0) is 18.2 Å². The molecule has 7 heteroatoms. The third kappa shape index (κ3) is 2.80. The number of fused-ring (bicyclic) bond motifs is 1. The summed E-state index contributed by atoms with van der Waals surface area (Å²) in [6, 6.07) is 7.47. The molecule has 21 heavy (non-hydrogen) atoms. The van der Waals surface area contributed by atoms with Gasteiger partial charge >= 0.3 is 0 Å². The van der Waals surface area contributed by atoms with Gasteiger partial charge in [0, 0.05) is 24.6 Å². The van der Waals surface area contributed by atoms with Crippen LogP contribution < -0.4 is 4.74 Å². The van der Waals surface area contributed by atoms with E-state index in [0.29, 0.717) is 24.7 Å². The zero-order valence-corrected chi connectivity index (χ0v) is 12.3. The molecule has 0 bridgehead atoms. The van der Waals surface area contributed by atoms with Gasteiger partial charge in [-0.3, -0.25) is 0 Å². The van der Waals surface area contributed by atoms with Gasteiger partial charge in [0.05, 0.1) is 19.3 Å². The maximum absolute atomic E-state index is 5.87. The van der Waals surface area contributed by atoms with Crippen molar-refractivity contribution in [1.82, 2.24) is 24.7 Å². The van der Waals surface area contributed by atoms with Crippen molar-refractivity contribution in [3.63, 3.8) is 0 Å². The van der Waals surface area contributed by atoms with Crippen LogP contribution in [0, 0.1) is 0 Å². The molecule has 3 aromatic heterocycles. The Morgan fingerprint density at radius 2 is 2.14 bits per heavy atom. The van der Waals surface area contributed by atoms with Gasteiger partial charge in [-0.25, -0.2) is 4.98 Å². The van der Waals surface area contributed by atoms with E-state index in [9.17, 15) is 0 Å². The summed E-state index contributed by atoms with van der Waals surface area (Å²) in [4.78, 5) is 9.07. The number of hydrogen-bond acceptors (Lipinski definition) is 5. The van der Waals surface area contributed by atoms with Gasteiger partial charge in [0.25, 0.3) is 0 Å². The molecule has 0 N–H and O–H groups in total. The predicted octanol–water partition coefficient (Wildman–Crippen LogP) is 2.06. The first-order valence-electron chi connectivity index (χ1n) is 6.54. The summed E-state index contributed by atoms with van der Waals surface area (Å²) in [5.41, 5.74) is 2.43. The van der Waals surface area contributed by atoms with Crippen molar-refractivity contribution in [1.29, 1.82) is 0 Å². The number of nitrogens with zero attached hydrogens (tertiary/aromatic N) is 5. The molecular formula is C14H14ClN5O. The van der Waals surface area contributed by atoms with Gasteiger partial charge in [0.1, 0.15) is 11.3 Å². The first-order valence-corrected chi connectivity index (χ1v) is 7.08. The van der Waals surface area contributed by atoms with Crippen molar-refractivity contribution < 1.29 is 4.74 Å². The summed E-state index contributed by atoms with van der Waals surface area (Å²) in [6.45, 7) is 0.552. The van der Waals surface area contributed by atoms with Crippen LogP contribution in [0.5, 0.6) is 5.88 Å². The number of hydrogen-bond donors (Lipinski definition) is 0. The lowest BCUT2D eigenvalue weighted by Crippen LogP contribution is -2.08. The van der Waals surface area contributed by atoms with Gasteiger partial charge in [0.2, 0.25) is 5.88 Å². The van der Waals surface area contributed by atoms with Crippen LogP contribution in [-0.2, 0) is 13.0 Å². The average molecular weight is 304 g/mol. The number of methoxy groups -OCH3 is 1. The van der Waals surface area contributed by atoms with Crippen molar-refractivity contribution in [2.24, 2.45) is 0 Å². The molecule has 0 aromatic carbocycles. The van der Waals surface area contributed by atoms with Gasteiger partial charge in [-0.2, -0.15) is 15.2 Å². The number of alkyl halides is 1. The Bertz CT molecular complexity index is 744. The second-order valence-electron chi connectivity index (χ2n) is 4.46. The van der Waals surface area contributed by atoms with Gasteiger partial charge in [0.15, 0.2) is 5.65 Å². The van der Waals surface area contributed by atoms with Crippen LogP contribution in [0.1, 0.15) is 11.5 Å². The topological polar surface area (TPSA) is 65.7 Å². The Morgan fingerprint density at radius 1 is 1.24 bits per heavy atom. The van der Waals surface area contributed by atoms with Crippen molar-refractivity contribution in [2.75, 3.05) is 13.0 Å². The molecule has 108 valence electrons. The van der Waals surface area contributed by atoms with E-state index in [-0.39, 0.29) is 0 Å². The highest BCUT2D eigenvalue weighted by Crippen LogP contribution is 2.19. The average Bonchev–Trinajstić information content (AvgIpc) is 2.86. The lowest BCUT2D eigenvalue weighted by atomic mass is 10.3. The fourth-order valence-corrected chi connectivity index (χ4v) is 2.34. The van der Waals surface area contributed by atoms with Crippen molar-refractivity contribution in [3.05, 3.63) is 42.0 Å². The normalized spacial score (nSPS) is 11.0. The molecular weight excluding hydrogens is 290 g/mol. The van der Waals surface area contributed by atoms with Crippen LogP contribution in [-0.4, -0.2) is 37.7 Å². The van der Waals surface area contributed by atoms with E-state index in [4.69, 9.17) is 16.3 Å². The molecule has 0 amide bonds. The van der Waals surface area contributed by atoms with Gasteiger partial charge < -0.3 is 9.30 Å². The Labute approximate surface area is 126 Å². The predicted molar refractivity (Wildman–Crippen MR) is 79.6 cm³/mol. The quantitative estimate of drug-likeness (QED) is 0.675. The molecule has 3 rings (SSSR count). The van der Waals surface area contributed by atoms with E-state index < -0.39 is 0 Å². The largest absolute Gasteiger partial charge is 0.481 e. The van der Waals surface area contributed by atoms with Gasteiger partial charge in [-0.1, -0.05) is 0 Å². The number of pyridine rings is 1. The van der Waals surface area contributed by atoms with E-state index in [2.05, 4.69) is 20.2 Å². The van der Waals surface area contributed by atoms with E-state index in [1.807, 2.05) is 22.8 Å². The molecule has 0 unspecified atom stereocenters. The van der Waals surface area contributed by atoms with Crippen LogP contribution in [0.15, 0.2) is 30.5 Å². The van der Waals surface area contributed by atoms with E-state index in [1.165, 1.54) is 0 Å². The number of ether oxygens (including phenoxy) is 1. The first kappa shape index (κ1) is 13.8. The molecule has 0 atom stereocenters. The molecule has 6 nitrogen and oxygen atoms in total. The fourth-order valence-electron chi connectivity index (χ4n) is 2.17. The minimum absolute atomic E-state index is 0.501. The summed E-state index contributed by atoms with van der Waals surface area (Å²) in [7, 11) is 1.59. The van der Waals surface area contributed by atoms with Crippen LogP contribution in [0.4, 0.5) is 0 Å². The number of halogens is 1. The molecule has 0 fully saturated rings. The van der Waals surface area contributed by atoms with Crippen LogP contribution >= 0.6 is 11.6 Å². The summed E-state index contributed by atoms with van der Waals surface area (Å²) in [5, 5.41) is 8.01. The van der Waals surface area contributed by atoms with E-state index in [0.717, 1.165) is 22.7 Å². The molecule has 0 saturated carbocycles. The van der Waals surface area contributed by atoms with Crippen LogP contribution in [0.2, 0.25) is 0 Å². The molecule has 0 saturated heterocycles. The molecule has 0 spiro atoms. The molecule has 0 aliphatic carbocycles. The minimum Gasteiger partial charge on any atom is -0.481 e. The zero-order chi connectivity index (χ0) is 14.7. The standard InChI is InChI=1S/C14H14ClN5O/c1-21-13-5-4-11-14(18-13)20(12(17-11)6-7-15)9-10-3-2-8-16-19-10/h2-5,8H,6-7,9H2,1H3. The zero-order valence-electron chi connectivity index (χ0n) is 11.5. The maximum atomic E-state index is 5.87. The fraction of sp³-hybridized carbons (Fsp3) is 0.286. The third-order valence-electron chi connectivity index (χ3n) is 3.12.